The van der Waals surface area contributed by atoms with Crippen molar-refractivity contribution < 1.29 is 4.74 Å². The summed E-state index contributed by atoms with van der Waals surface area (Å²) in [6.45, 7) is 9.13. The monoisotopic (exact) mass is 268 g/mol. The van der Waals surface area contributed by atoms with E-state index >= 15 is 0 Å². The summed E-state index contributed by atoms with van der Waals surface area (Å²) in [6.07, 6.45) is 8.25. The third-order valence-electron chi connectivity index (χ3n) is 5.01. The van der Waals surface area contributed by atoms with E-state index in [1.165, 1.54) is 58.2 Å². The summed E-state index contributed by atoms with van der Waals surface area (Å²) in [5.41, 5.74) is 0.427. The Morgan fingerprint density at radius 2 is 2.05 bits per heavy atom. The molecule has 2 fully saturated rings. The van der Waals surface area contributed by atoms with Crippen molar-refractivity contribution >= 4 is 0 Å². The number of piperazine rings is 1. The molecule has 0 radical (unpaired) electrons. The van der Waals surface area contributed by atoms with Crippen LogP contribution in [0.4, 0.5) is 0 Å². The maximum atomic E-state index is 5.31. The Kier molecular flexibility index (Phi) is 5.67. The first kappa shape index (κ1) is 15.3. The number of ether oxygens (including phenoxy) is 1. The van der Waals surface area contributed by atoms with Gasteiger partial charge in [-0.2, -0.15) is 0 Å². The number of hydrogen-bond donors (Lipinski definition) is 1. The standard InChI is InChI=1S/C16H32N2O/c1-4-15-10-17-16(8-6-5-7-9-16)13-18(15)11-14(2)12-19-3/h14-15,17H,4-13H2,1-3H3. The van der Waals surface area contributed by atoms with Crippen LogP contribution < -0.4 is 5.32 Å². The molecule has 3 heteroatoms. The van der Waals surface area contributed by atoms with Crippen molar-refractivity contribution in [2.24, 2.45) is 5.92 Å². The van der Waals surface area contributed by atoms with Crippen LogP contribution in [0.5, 0.6) is 0 Å². The zero-order valence-electron chi connectivity index (χ0n) is 13.1. The molecule has 2 atom stereocenters. The highest BCUT2D eigenvalue weighted by Gasteiger charge is 2.39. The molecule has 1 aliphatic carbocycles. The molecule has 0 aromatic carbocycles. The van der Waals surface area contributed by atoms with Gasteiger partial charge in [0.1, 0.15) is 0 Å². The minimum Gasteiger partial charge on any atom is -0.384 e. The van der Waals surface area contributed by atoms with E-state index in [1.54, 1.807) is 0 Å². The average Bonchev–Trinajstić information content (AvgIpc) is 2.40. The number of hydrogen-bond acceptors (Lipinski definition) is 3. The highest BCUT2D eigenvalue weighted by Crippen LogP contribution is 2.32. The van der Waals surface area contributed by atoms with E-state index in [0.717, 1.165) is 6.61 Å². The zero-order valence-corrected chi connectivity index (χ0v) is 13.1. The van der Waals surface area contributed by atoms with Gasteiger partial charge in [-0.3, -0.25) is 4.90 Å². The van der Waals surface area contributed by atoms with Gasteiger partial charge in [0.25, 0.3) is 0 Å². The molecule has 3 nitrogen and oxygen atoms in total. The van der Waals surface area contributed by atoms with Gasteiger partial charge < -0.3 is 10.1 Å². The predicted molar refractivity (Wildman–Crippen MR) is 80.5 cm³/mol. The Bertz CT molecular complexity index is 263. The molecule has 2 rings (SSSR count). The van der Waals surface area contributed by atoms with Gasteiger partial charge >= 0.3 is 0 Å². The first-order valence-corrected chi connectivity index (χ1v) is 8.17. The molecule has 1 saturated heterocycles. The maximum Gasteiger partial charge on any atom is 0.0500 e. The number of methoxy groups -OCH3 is 1. The Morgan fingerprint density at radius 3 is 2.68 bits per heavy atom. The van der Waals surface area contributed by atoms with Crippen LogP contribution in [0.15, 0.2) is 0 Å². The number of nitrogens with zero attached hydrogens (tertiary/aromatic N) is 1. The van der Waals surface area contributed by atoms with Crippen LogP contribution >= 0.6 is 0 Å². The normalized spacial score (nSPS) is 29.5. The molecule has 0 aromatic heterocycles. The minimum absolute atomic E-state index is 0.427. The van der Waals surface area contributed by atoms with E-state index in [2.05, 4.69) is 24.1 Å². The van der Waals surface area contributed by atoms with Gasteiger partial charge in [-0.25, -0.2) is 0 Å². The fourth-order valence-corrected chi connectivity index (χ4v) is 3.95. The van der Waals surface area contributed by atoms with Crippen LogP contribution in [0.3, 0.4) is 0 Å². The van der Waals surface area contributed by atoms with Gasteiger partial charge in [0.2, 0.25) is 0 Å². The number of rotatable bonds is 5. The van der Waals surface area contributed by atoms with Crippen molar-refractivity contribution in [3.63, 3.8) is 0 Å². The Labute approximate surface area is 119 Å². The fraction of sp³-hybridized carbons (Fsp3) is 1.00. The van der Waals surface area contributed by atoms with E-state index in [9.17, 15) is 0 Å². The van der Waals surface area contributed by atoms with Gasteiger partial charge in [-0.1, -0.05) is 33.1 Å². The molecular formula is C16H32N2O. The molecule has 0 amide bonds. The summed E-state index contributed by atoms with van der Waals surface area (Å²) in [5.74, 6) is 0.637. The molecule has 0 bridgehead atoms. The second-order valence-electron chi connectivity index (χ2n) is 6.77. The van der Waals surface area contributed by atoms with Crippen LogP contribution in [-0.4, -0.2) is 49.8 Å². The summed E-state index contributed by atoms with van der Waals surface area (Å²) in [5, 5.41) is 3.90. The summed E-state index contributed by atoms with van der Waals surface area (Å²) >= 11 is 0. The molecule has 1 N–H and O–H groups in total. The van der Waals surface area contributed by atoms with Crippen molar-refractivity contribution in [2.45, 2.75) is 64.0 Å². The smallest absolute Gasteiger partial charge is 0.0500 e. The molecule has 1 heterocycles. The Hall–Kier alpha value is -0.120. The van der Waals surface area contributed by atoms with Gasteiger partial charge in [0.05, 0.1) is 0 Å². The van der Waals surface area contributed by atoms with E-state index in [-0.39, 0.29) is 0 Å². The van der Waals surface area contributed by atoms with E-state index < -0.39 is 0 Å². The first-order chi connectivity index (χ1) is 9.19. The summed E-state index contributed by atoms with van der Waals surface area (Å²) in [7, 11) is 1.81. The summed E-state index contributed by atoms with van der Waals surface area (Å²) in [6, 6.07) is 0.715. The highest BCUT2D eigenvalue weighted by atomic mass is 16.5. The lowest BCUT2D eigenvalue weighted by Crippen LogP contribution is -2.65. The molecule has 1 aliphatic heterocycles. The van der Waals surface area contributed by atoms with Crippen LogP contribution in [-0.2, 0) is 4.74 Å². The first-order valence-electron chi connectivity index (χ1n) is 8.17. The van der Waals surface area contributed by atoms with E-state index in [1.807, 2.05) is 7.11 Å². The lowest BCUT2D eigenvalue weighted by Gasteiger charge is -2.50. The summed E-state index contributed by atoms with van der Waals surface area (Å²) in [4.78, 5) is 2.74. The zero-order chi connectivity index (χ0) is 13.7. The van der Waals surface area contributed by atoms with Crippen LogP contribution in [0, 0.1) is 5.92 Å². The molecule has 0 aromatic rings. The SMILES string of the molecule is CCC1CNC2(CCCCC2)CN1CC(C)COC. The van der Waals surface area contributed by atoms with Gasteiger partial charge in [0.15, 0.2) is 0 Å². The lowest BCUT2D eigenvalue weighted by molar-refractivity contribution is 0.0327. The largest absolute Gasteiger partial charge is 0.384 e. The molecule has 2 aliphatic rings. The minimum atomic E-state index is 0.427. The topological polar surface area (TPSA) is 24.5 Å². The fourth-order valence-electron chi connectivity index (χ4n) is 3.95. The molecule has 112 valence electrons. The third-order valence-corrected chi connectivity index (χ3v) is 5.01. The molecule has 2 unspecified atom stereocenters. The highest BCUT2D eigenvalue weighted by molar-refractivity contribution is 4.99. The summed E-state index contributed by atoms with van der Waals surface area (Å²) < 4.78 is 5.31. The third kappa shape index (κ3) is 3.93. The lowest BCUT2D eigenvalue weighted by atomic mass is 9.79. The van der Waals surface area contributed by atoms with Crippen molar-refractivity contribution in [1.82, 2.24) is 10.2 Å². The van der Waals surface area contributed by atoms with Crippen LogP contribution in [0.25, 0.3) is 0 Å². The second-order valence-corrected chi connectivity index (χ2v) is 6.77. The van der Waals surface area contributed by atoms with Crippen molar-refractivity contribution in [2.75, 3.05) is 33.4 Å². The quantitative estimate of drug-likeness (QED) is 0.829. The van der Waals surface area contributed by atoms with Crippen LogP contribution in [0.2, 0.25) is 0 Å². The Morgan fingerprint density at radius 1 is 1.32 bits per heavy atom. The molecule has 19 heavy (non-hydrogen) atoms. The van der Waals surface area contributed by atoms with E-state index in [4.69, 9.17) is 4.74 Å². The Balaban J connectivity index is 1.95. The van der Waals surface area contributed by atoms with Crippen molar-refractivity contribution in [1.29, 1.82) is 0 Å². The second kappa shape index (κ2) is 7.05. The van der Waals surface area contributed by atoms with Gasteiger partial charge in [0, 0.05) is 44.9 Å². The molecule has 1 saturated carbocycles. The maximum absolute atomic E-state index is 5.31. The predicted octanol–water partition coefficient (Wildman–Crippen LogP) is 2.66. The van der Waals surface area contributed by atoms with Gasteiger partial charge in [-0.15, -0.1) is 0 Å². The molecular weight excluding hydrogens is 236 g/mol. The van der Waals surface area contributed by atoms with Crippen molar-refractivity contribution in [3.8, 4) is 0 Å². The van der Waals surface area contributed by atoms with Crippen LogP contribution in [0.1, 0.15) is 52.4 Å². The van der Waals surface area contributed by atoms with Gasteiger partial charge in [-0.05, 0) is 25.2 Å². The number of nitrogens with one attached hydrogen (secondary N) is 1. The van der Waals surface area contributed by atoms with Crippen molar-refractivity contribution in [3.05, 3.63) is 0 Å². The van der Waals surface area contributed by atoms with E-state index in [0.29, 0.717) is 17.5 Å². The average molecular weight is 268 g/mol. The molecule has 1 spiro atoms.